The van der Waals surface area contributed by atoms with E-state index in [9.17, 15) is 0 Å². The van der Waals surface area contributed by atoms with Crippen LogP contribution in [0.2, 0.25) is 10.3 Å². The third-order valence-electron chi connectivity index (χ3n) is 1.53. The van der Waals surface area contributed by atoms with Gasteiger partial charge in [-0.3, -0.25) is 0 Å². The van der Waals surface area contributed by atoms with Gasteiger partial charge in [0.2, 0.25) is 5.28 Å². The number of rotatable bonds is 5. The van der Waals surface area contributed by atoms with Crippen LogP contribution in [0.1, 0.15) is 6.42 Å². The molecule has 14 heavy (non-hydrogen) atoms. The van der Waals surface area contributed by atoms with Gasteiger partial charge in [-0.1, -0.05) is 11.6 Å². The average molecular weight is 252 g/mol. The first-order valence-electron chi connectivity index (χ1n) is 4.15. The number of thioether (sulfide) groups is 1. The largest absolute Gasteiger partial charge is 0.369 e. The van der Waals surface area contributed by atoms with Crippen LogP contribution in [0.25, 0.3) is 0 Å². The van der Waals surface area contributed by atoms with Crippen molar-refractivity contribution in [3.63, 3.8) is 0 Å². The predicted molar refractivity (Wildman–Crippen MR) is 63.5 cm³/mol. The lowest BCUT2D eigenvalue weighted by atomic mass is 10.4. The van der Waals surface area contributed by atoms with Crippen LogP contribution in [-0.2, 0) is 0 Å². The highest BCUT2D eigenvalue weighted by Crippen LogP contribution is 2.19. The summed E-state index contributed by atoms with van der Waals surface area (Å²) in [7, 11) is 0. The van der Waals surface area contributed by atoms with Crippen molar-refractivity contribution in [2.75, 3.05) is 23.9 Å². The topological polar surface area (TPSA) is 37.8 Å². The summed E-state index contributed by atoms with van der Waals surface area (Å²) >= 11 is 13.3. The zero-order valence-corrected chi connectivity index (χ0v) is 10.1. The van der Waals surface area contributed by atoms with E-state index in [0.29, 0.717) is 10.8 Å². The molecular weight excluding hydrogens is 241 g/mol. The van der Waals surface area contributed by atoms with Crippen LogP contribution >= 0.6 is 35.0 Å². The Hall–Kier alpha value is -0.190. The van der Waals surface area contributed by atoms with Crippen LogP contribution in [-0.4, -0.2) is 28.5 Å². The van der Waals surface area contributed by atoms with Crippen molar-refractivity contribution >= 4 is 40.8 Å². The summed E-state index contributed by atoms with van der Waals surface area (Å²) in [5, 5.41) is 3.82. The Bertz CT molecular complexity index is 296. The minimum Gasteiger partial charge on any atom is -0.369 e. The normalized spacial score (nSPS) is 10.2. The Morgan fingerprint density at radius 1 is 1.50 bits per heavy atom. The molecule has 78 valence electrons. The molecule has 0 atom stereocenters. The summed E-state index contributed by atoms with van der Waals surface area (Å²) in [6.45, 7) is 0.841. The third-order valence-corrected chi connectivity index (χ3v) is 2.69. The molecule has 0 aliphatic carbocycles. The van der Waals surface area contributed by atoms with E-state index in [0.717, 1.165) is 18.7 Å². The Balaban J connectivity index is 2.45. The number of nitrogens with one attached hydrogen (secondary N) is 1. The lowest BCUT2D eigenvalue weighted by Gasteiger charge is -2.06. The molecule has 0 bridgehead atoms. The van der Waals surface area contributed by atoms with Crippen LogP contribution < -0.4 is 5.32 Å². The second kappa shape index (κ2) is 6.32. The molecule has 1 aromatic rings. The zero-order valence-electron chi connectivity index (χ0n) is 7.76. The van der Waals surface area contributed by atoms with E-state index in [2.05, 4.69) is 21.5 Å². The standard InChI is InChI=1S/C8H11Cl2N3S/c1-14-4-2-3-11-7-6(9)5-12-8(10)13-7/h5H,2-4H2,1H3,(H,11,12,13). The number of hydrogen-bond acceptors (Lipinski definition) is 4. The van der Waals surface area contributed by atoms with Crippen molar-refractivity contribution in [2.24, 2.45) is 0 Å². The van der Waals surface area contributed by atoms with Crippen molar-refractivity contribution in [2.45, 2.75) is 6.42 Å². The zero-order chi connectivity index (χ0) is 10.4. The number of hydrogen-bond donors (Lipinski definition) is 1. The molecule has 0 radical (unpaired) electrons. The molecule has 0 spiro atoms. The van der Waals surface area contributed by atoms with Crippen molar-refractivity contribution < 1.29 is 0 Å². The monoisotopic (exact) mass is 251 g/mol. The molecule has 1 rings (SSSR count). The summed E-state index contributed by atoms with van der Waals surface area (Å²) in [5.74, 6) is 1.72. The molecule has 0 aromatic carbocycles. The molecular formula is C8H11Cl2N3S. The minimum atomic E-state index is 0.210. The maximum atomic E-state index is 5.86. The SMILES string of the molecule is CSCCCNc1nc(Cl)ncc1Cl. The Kier molecular flexibility index (Phi) is 5.37. The van der Waals surface area contributed by atoms with Crippen molar-refractivity contribution in [1.82, 2.24) is 9.97 Å². The molecule has 0 saturated carbocycles. The maximum Gasteiger partial charge on any atom is 0.224 e. The van der Waals surface area contributed by atoms with Gasteiger partial charge in [-0.15, -0.1) is 0 Å². The number of nitrogens with zero attached hydrogens (tertiary/aromatic N) is 2. The summed E-state index contributed by atoms with van der Waals surface area (Å²) in [6, 6.07) is 0. The summed E-state index contributed by atoms with van der Waals surface area (Å²) in [4.78, 5) is 7.74. The van der Waals surface area contributed by atoms with Gasteiger partial charge in [-0.2, -0.15) is 16.7 Å². The van der Waals surface area contributed by atoms with Crippen molar-refractivity contribution in [1.29, 1.82) is 0 Å². The minimum absolute atomic E-state index is 0.210. The van der Waals surface area contributed by atoms with E-state index in [1.807, 2.05) is 11.8 Å². The van der Waals surface area contributed by atoms with Gasteiger partial charge in [-0.05, 0) is 30.0 Å². The second-order valence-electron chi connectivity index (χ2n) is 2.61. The van der Waals surface area contributed by atoms with E-state index in [-0.39, 0.29) is 5.28 Å². The fraction of sp³-hybridized carbons (Fsp3) is 0.500. The molecule has 0 unspecified atom stereocenters. The fourth-order valence-corrected chi connectivity index (χ4v) is 1.62. The molecule has 0 aliphatic rings. The van der Waals surface area contributed by atoms with Gasteiger partial charge in [0.15, 0.2) is 0 Å². The van der Waals surface area contributed by atoms with Crippen LogP contribution in [0.4, 0.5) is 5.82 Å². The number of anilines is 1. The maximum absolute atomic E-state index is 5.86. The van der Waals surface area contributed by atoms with E-state index in [1.54, 1.807) is 0 Å². The highest BCUT2D eigenvalue weighted by molar-refractivity contribution is 7.98. The van der Waals surface area contributed by atoms with Gasteiger partial charge in [0.1, 0.15) is 10.8 Å². The molecule has 0 amide bonds. The van der Waals surface area contributed by atoms with E-state index >= 15 is 0 Å². The van der Waals surface area contributed by atoms with Gasteiger partial charge in [0.25, 0.3) is 0 Å². The Morgan fingerprint density at radius 3 is 3.00 bits per heavy atom. The van der Waals surface area contributed by atoms with Crippen molar-refractivity contribution in [3.8, 4) is 0 Å². The lowest BCUT2D eigenvalue weighted by Crippen LogP contribution is -2.05. The highest BCUT2D eigenvalue weighted by Gasteiger charge is 2.02. The van der Waals surface area contributed by atoms with Crippen LogP contribution in [0.15, 0.2) is 6.20 Å². The Labute approximate surface area is 97.6 Å². The van der Waals surface area contributed by atoms with Crippen LogP contribution in [0.3, 0.4) is 0 Å². The van der Waals surface area contributed by atoms with Crippen molar-refractivity contribution in [3.05, 3.63) is 16.5 Å². The van der Waals surface area contributed by atoms with E-state index in [4.69, 9.17) is 23.2 Å². The molecule has 6 heteroatoms. The molecule has 0 fully saturated rings. The van der Waals surface area contributed by atoms with Gasteiger partial charge in [-0.25, -0.2) is 4.98 Å². The number of aromatic nitrogens is 2. The average Bonchev–Trinajstić information content (AvgIpc) is 2.18. The quantitative estimate of drug-likeness (QED) is 0.645. The third kappa shape index (κ3) is 3.90. The van der Waals surface area contributed by atoms with Gasteiger partial charge >= 0.3 is 0 Å². The number of halogens is 2. The predicted octanol–water partition coefficient (Wildman–Crippen LogP) is 2.95. The fourth-order valence-electron chi connectivity index (χ4n) is 0.893. The van der Waals surface area contributed by atoms with Gasteiger partial charge in [0.05, 0.1) is 6.20 Å². The van der Waals surface area contributed by atoms with E-state index < -0.39 is 0 Å². The first-order chi connectivity index (χ1) is 6.74. The summed E-state index contributed by atoms with van der Waals surface area (Å²) in [5.41, 5.74) is 0. The highest BCUT2D eigenvalue weighted by atomic mass is 35.5. The van der Waals surface area contributed by atoms with E-state index in [1.165, 1.54) is 6.20 Å². The molecule has 3 nitrogen and oxygen atoms in total. The molecule has 1 heterocycles. The van der Waals surface area contributed by atoms with Crippen LogP contribution in [0, 0.1) is 0 Å². The van der Waals surface area contributed by atoms with Gasteiger partial charge in [0, 0.05) is 6.54 Å². The first-order valence-corrected chi connectivity index (χ1v) is 6.30. The second-order valence-corrected chi connectivity index (χ2v) is 4.34. The molecule has 1 aromatic heterocycles. The summed E-state index contributed by atoms with van der Waals surface area (Å²) < 4.78 is 0. The molecule has 0 aliphatic heterocycles. The van der Waals surface area contributed by atoms with Gasteiger partial charge < -0.3 is 5.32 Å². The summed E-state index contributed by atoms with van der Waals surface area (Å²) in [6.07, 6.45) is 4.64. The first kappa shape index (κ1) is 11.9. The lowest BCUT2D eigenvalue weighted by molar-refractivity contribution is 0.977. The Morgan fingerprint density at radius 2 is 2.29 bits per heavy atom. The smallest absolute Gasteiger partial charge is 0.224 e. The molecule has 0 saturated heterocycles. The van der Waals surface area contributed by atoms with Crippen LogP contribution in [0.5, 0.6) is 0 Å². The molecule has 1 N–H and O–H groups in total.